The first-order valence-corrected chi connectivity index (χ1v) is 5.79. The number of H-pyrrole nitrogens is 1. The second-order valence-electron chi connectivity index (χ2n) is 4.63. The quantitative estimate of drug-likeness (QED) is 0.788. The predicted octanol–water partition coefficient (Wildman–Crippen LogP) is 0.753. The molecule has 0 aliphatic heterocycles. The lowest BCUT2D eigenvalue weighted by Crippen LogP contribution is -2.46. The van der Waals surface area contributed by atoms with Gasteiger partial charge in [-0.2, -0.15) is 0 Å². The summed E-state index contributed by atoms with van der Waals surface area (Å²) in [7, 11) is 1.87. The maximum Gasteiger partial charge on any atom is 0.225 e. The molecule has 1 heterocycles. The standard InChI is InChI=1S/C12H19N3O/c1-15(6-4-11-3-2-5-14-11)12(16)9-7-10(13)8-9/h2-3,5,9-10,14H,4,6-8,13H2,1H3. The van der Waals surface area contributed by atoms with Crippen LogP contribution in [0.2, 0.25) is 0 Å². The minimum absolute atomic E-state index is 0.170. The number of rotatable bonds is 4. The molecule has 0 saturated heterocycles. The van der Waals surface area contributed by atoms with Gasteiger partial charge in [-0.25, -0.2) is 0 Å². The Labute approximate surface area is 95.8 Å². The minimum atomic E-state index is 0.170. The number of likely N-dealkylation sites (N-methyl/N-ethyl adjacent to an activating group) is 1. The molecule has 16 heavy (non-hydrogen) atoms. The van der Waals surface area contributed by atoms with Gasteiger partial charge in [0.1, 0.15) is 0 Å². The third-order valence-electron chi connectivity index (χ3n) is 3.28. The first-order valence-electron chi connectivity index (χ1n) is 5.79. The summed E-state index contributed by atoms with van der Waals surface area (Å²) in [5.74, 6) is 0.414. The number of carbonyl (C=O) groups excluding carboxylic acids is 1. The summed E-state index contributed by atoms with van der Waals surface area (Å²) in [6.45, 7) is 0.769. The van der Waals surface area contributed by atoms with E-state index in [1.54, 1.807) is 0 Å². The molecule has 3 N–H and O–H groups in total. The highest BCUT2D eigenvalue weighted by molar-refractivity contribution is 5.79. The molecule has 1 aromatic heterocycles. The first-order chi connectivity index (χ1) is 7.66. The Balaban J connectivity index is 1.75. The molecule has 1 aromatic rings. The van der Waals surface area contributed by atoms with E-state index in [9.17, 15) is 4.79 Å². The van der Waals surface area contributed by atoms with Crippen LogP contribution in [0, 0.1) is 5.92 Å². The minimum Gasteiger partial charge on any atom is -0.365 e. The molecule has 1 aliphatic rings. The molecule has 0 atom stereocenters. The van der Waals surface area contributed by atoms with Gasteiger partial charge in [-0.05, 0) is 25.0 Å². The average molecular weight is 221 g/mol. The van der Waals surface area contributed by atoms with E-state index in [2.05, 4.69) is 4.98 Å². The molecule has 4 heteroatoms. The van der Waals surface area contributed by atoms with E-state index < -0.39 is 0 Å². The van der Waals surface area contributed by atoms with Crippen LogP contribution in [0.15, 0.2) is 18.3 Å². The lowest BCUT2D eigenvalue weighted by molar-refractivity contribution is -0.137. The third-order valence-corrected chi connectivity index (χ3v) is 3.28. The van der Waals surface area contributed by atoms with Gasteiger partial charge in [-0.15, -0.1) is 0 Å². The Morgan fingerprint density at radius 3 is 2.94 bits per heavy atom. The number of hydrogen-bond acceptors (Lipinski definition) is 2. The Kier molecular flexibility index (Phi) is 3.29. The average Bonchev–Trinajstić information content (AvgIpc) is 2.73. The molecule has 1 fully saturated rings. The van der Waals surface area contributed by atoms with Crippen molar-refractivity contribution in [3.8, 4) is 0 Å². The van der Waals surface area contributed by atoms with Gasteiger partial charge >= 0.3 is 0 Å². The van der Waals surface area contributed by atoms with Crippen molar-refractivity contribution in [2.45, 2.75) is 25.3 Å². The van der Waals surface area contributed by atoms with Crippen LogP contribution in [-0.2, 0) is 11.2 Å². The van der Waals surface area contributed by atoms with Crippen molar-refractivity contribution in [2.24, 2.45) is 11.7 Å². The Bertz CT molecular complexity index is 341. The van der Waals surface area contributed by atoms with Crippen molar-refractivity contribution in [1.82, 2.24) is 9.88 Å². The number of hydrogen-bond donors (Lipinski definition) is 2. The van der Waals surface area contributed by atoms with Crippen LogP contribution in [0.25, 0.3) is 0 Å². The number of amides is 1. The van der Waals surface area contributed by atoms with Crippen molar-refractivity contribution in [1.29, 1.82) is 0 Å². The zero-order valence-corrected chi connectivity index (χ0v) is 9.65. The number of aromatic amines is 1. The van der Waals surface area contributed by atoms with Crippen LogP contribution in [0.4, 0.5) is 0 Å². The second-order valence-corrected chi connectivity index (χ2v) is 4.63. The second kappa shape index (κ2) is 4.70. The van der Waals surface area contributed by atoms with Crippen molar-refractivity contribution in [2.75, 3.05) is 13.6 Å². The zero-order chi connectivity index (χ0) is 11.5. The number of nitrogens with two attached hydrogens (primary N) is 1. The summed E-state index contributed by atoms with van der Waals surface area (Å²) in [6, 6.07) is 4.26. The molecular formula is C12H19N3O. The molecule has 0 unspecified atom stereocenters. The lowest BCUT2D eigenvalue weighted by Gasteiger charge is -2.34. The van der Waals surface area contributed by atoms with Crippen molar-refractivity contribution in [3.05, 3.63) is 24.0 Å². The summed E-state index contributed by atoms with van der Waals surface area (Å²) in [5, 5.41) is 0. The highest BCUT2D eigenvalue weighted by Gasteiger charge is 2.33. The molecule has 0 spiro atoms. The van der Waals surface area contributed by atoms with Crippen LogP contribution < -0.4 is 5.73 Å². The monoisotopic (exact) mass is 221 g/mol. The van der Waals surface area contributed by atoms with Crippen molar-refractivity contribution in [3.63, 3.8) is 0 Å². The fraction of sp³-hybridized carbons (Fsp3) is 0.583. The molecule has 88 valence electrons. The van der Waals surface area contributed by atoms with Gasteiger partial charge in [0.05, 0.1) is 0 Å². The van der Waals surface area contributed by atoms with Gasteiger partial charge in [-0.1, -0.05) is 0 Å². The summed E-state index contributed by atoms with van der Waals surface area (Å²) in [5.41, 5.74) is 6.85. The van der Waals surface area contributed by atoms with E-state index in [-0.39, 0.29) is 17.9 Å². The Morgan fingerprint density at radius 2 is 2.38 bits per heavy atom. The maximum atomic E-state index is 11.9. The van der Waals surface area contributed by atoms with Gasteiger partial charge in [0, 0.05) is 43.9 Å². The summed E-state index contributed by atoms with van der Waals surface area (Å²) >= 11 is 0. The molecular weight excluding hydrogens is 202 g/mol. The van der Waals surface area contributed by atoms with E-state index in [0.29, 0.717) is 0 Å². The number of aromatic nitrogens is 1. The van der Waals surface area contributed by atoms with Crippen LogP contribution in [0.1, 0.15) is 18.5 Å². The van der Waals surface area contributed by atoms with E-state index in [1.165, 1.54) is 5.69 Å². The van der Waals surface area contributed by atoms with Crippen LogP contribution in [0.5, 0.6) is 0 Å². The summed E-state index contributed by atoms with van der Waals surface area (Å²) < 4.78 is 0. The summed E-state index contributed by atoms with van der Waals surface area (Å²) in [4.78, 5) is 16.8. The van der Waals surface area contributed by atoms with E-state index in [1.807, 2.05) is 30.3 Å². The fourth-order valence-electron chi connectivity index (χ4n) is 2.10. The van der Waals surface area contributed by atoms with Crippen molar-refractivity contribution < 1.29 is 4.79 Å². The SMILES string of the molecule is CN(CCc1ccc[nH]1)C(=O)C1CC(N)C1. The molecule has 1 saturated carbocycles. The number of nitrogens with one attached hydrogen (secondary N) is 1. The molecule has 1 aliphatic carbocycles. The maximum absolute atomic E-state index is 11.9. The molecule has 0 aromatic carbocycles. The van der Waals surface area contributed by atoms with Crippen LogP contribution in [0.3, 0.4) is 0 Å². The predicted molar refractivity (Wildman–Crippen MR) is 62.8 cm³/mol. The largest absolute Gasteiger partial charge is 0.365 e. The molecule has 2 rings (SSSR count). The lowest BCUT2D eigenvalue weighted by atomic mass is 9.80. The fourth-order valence-corrected chi connectivity index (χ4v) is 2.10. The number of carbonyl (C=O) groups is 1. The third kappa shape index (κ3) is 2.44. The van der Waals surface area contributed by atoms with Crippen LogP contribution in [-0.4, -0.2) is 35.4 Å². The molecule has 4 nitrogen and oxygen atoms in total. The van der Waals surface area contributed by atoms with Gasteiger partial charge < -0.3 is 15.6 Å². The molecule has 0 bridgehead atoms. The van der Waals surface area contributed by atoms with Crippen LogP contribution >= 0.6 is 0 Å². The molecule has 1 amide bonds. The summed E-state index contributed by atoms with van der Waals surface area (Å²) in [6.07, 6.45) is 4.49. The first kappa shape index (κ1) is 11.2. The Hall–Kier alpha value is -1.29. The van der Waals surface area contributed by atoms with Gasteiger partial charge in [0.25, 0.3) is 0 Å². The number of nitrogens with zero attached hydrogens (tertiary/aromatic N) is 1. The smallest absolute Gasteiger partial charge is 0.225 e. The highest BCUT2D eigenvalue weighted by Crippen LogP contribution is 2.27. The van der Waals surface area contributed by atoms with Gasteiger partial charge in [0.2, 0.25) is 5.91 Å². The van der Waals surface area contributed by atoms with E-state index in [0.717, 1.165) is 25.8 Å². The van der Waals surface area contributed by atoms with Gasteiger partial charge in [0.15, 0.2) is 0 Å². The van der Waals surface area contributed by atoms with E-state index >= 15 is 0 Å². The van der Waals surface area contributed by atoms with E-state index in [4.69, 9.17) is 5.73 Å². The van der Waals surface area contributed by atoms with Crippen molar-refractivity contribution >= 4 is 5.91 Å². The zero-order valence-electron chi connectivity index (χ0n) is 9.65. The molecule has 0 radical (unpaired) electrons. The normalized spacial score (nSPS) is 23.9. The Morgan fingerprint density at radius 1 is 1.62 bits per heavy atom. The highest BCUT2D eigenvalue weighted by atomic mass is 16.2. The van der Waals surface area contributed by atoms with Gasteiger partial charge in [-0.3, -0.25) is 4.79 Å². The topological polar surface area (TPSA) is 62.1 Å².